The number of hydrogen-bond acceptors (Lipinski definition) is 5. The molecule has 5 nitrogen and oxygen atoms in total. The van der Waals surface area contributed by atoms with Gasteiger partial charge in [0.1, 0.15) is 0 Å². The molecule has 0 bridgehead atoms. The van der Waals surface area contributed by atoms with Crippen molar-refractivity contribution < 1.29 is 23.5 Å². The van der Waals surface area contributed by atoms with Crippen molar-refractivity contribution in [1.82, 2.24) is 0 Å². The Morgan fingerprint density at radius 1 is 1.23 bits per heavy atom. The third-order valence-electron chi connectivity index (χ3n) is 4.00. The first-order chi connectivity index (χ1) is 10.3. The van der Waals surface area contributed by atoms with Gasteiger partial charge in [0, 0.05) is 0 Å². The van der Waals surface area contributed by atoms with Crippen LogP contribution in [0.5, 0.6) is 0 Å². The van der Waals surface area contributed by atoms with Gasteiger partial charge in [0.2, 0.25) is 6.79 Å². The molecule has 0 radical (unpaired) electrons. The van der Waals surface area contributed by atoms with E-state index in [1.54, 1.807) is 20.8 Å². The van der Waals surface area contributed by atoms with Gasteiger partial charge in [0.25, 0.3) is 0 Å². The summed E-state index contributed by atoms with van der Waals surface area (Å²) in [6, 6.07) is 0. The van der Waals surface area contributed by atoms with Crippen LogP contribution in [-0.2, 0) is 18.6 Å². The summed E-state index contributed by atoms with van der Waals surface area (Å²) in [6.07, 6.45) is 7.47. The van der Waals surface area contributed by atoms with Crippen LogP contribution in [0.1, 0.15) is 66.2 Å². The first-order valence-electron chi connectivity index (χ1n) is 8.25. The molecule has 1 aliphatic carbocycles. The van der Waals surface area contributed by atoms with Gasteiger partial charge in [-0.2, -0.15) is 0 Å². The molecule has 1 N–H and O–H groups in total. The quantitative estimate of drug-likeness (QED) is 0.385. The van der Waals surface area contributed by atoms with Crippen LogP contribution in [0.3, 0.4) is 0 Å². The van der Waals surface area contributed by atoms with Crippen LogP contribution >= 0.6 is 8.60 Å². The number of carbonyl (C=O) groups excluding carboxylic acids is 1. The molecular weight excluding hydrogens is 303 g/mol. The molecule has 0 heterocycles. The summed E-state index contributed by atoms with van der Waals surface area (Å²) >= 11 is 0. The number of esters is 1. The van der Waals surface area contributed by atoms with E-state index in [0.717, 1.165) is 12.3 Å². The maximum absolute atomic E-state index is 11.5. The van der Waals surface area contributed by atoms with E-state index in [1.807, 2.05) is 0 Å². The largest absolute Gasteiger partial charge is 0.438 e. The maximum atomic E-state index is 11.5. The van der Waals surface area contributed by atoms with Crippen LogP contribution in [0.15, 0.2) is 0 Å². The SMILES string of the molecule is CCCCC1CCC(COP(O)OCOC(=O)C(C)(C)C)C1. The third kappa shape index (κ3) is 7.87. The van der Waals surface area contributed by atoms with Gasteiger partial charge in [0.05, 0.1) is 12.0 Å². The topological polar surface area (TPSA) is 65.0 Å². The highest BCUT2D eigenvalue weighted by molar-refractivity contribution is 7.40. The van der Waals surface area contributed by atoms with E-state index in [4.69, 9.17) is 13.8 Å². The first-order valence-corrected chi connectivity index (χ1v) is 9.38. The standard InChI is InChI=1S/C16H31O5P/c1-5-6-7-13-8-9-14(10-13)11-20-22(18)21-12-19-15(17)16(2,3)4/h13-14,18H,5-12H2,1-4H3. The molecule has 1 saturated carbocycles. The number of hydrogen-bond donors (Lipinski definition) is 1. The lowest BCUT2D eigenvalue weighted by atomic mass is 9.98. The van der Waals surface area contributed by atoms with Gasteiger partial charge in [0.15, 0.2) is 0 Å². The Labute approximate surface area is 135 Å². The zero-order valence-electron chi connectivity index (χ0n) is 14.3. The molecule has 0 aromatic rings. The average Bonchev–Trinajstić information content (AvgIpc) is 2.89. The Kier molecular flexibility index (Phi) is 8.85. The van der Waals surface area contributed by atoms with Crippen LogP contribution in [0.25, 0.3) is 0 Å². The van der Waals surface area contributed by atoms with Crippen molar-refractivity contribution >= 4 is 14.6 Å². The van der Waals surface area contributed by atoms with E-state index in [-0.39, 0.29) is 12.8 Å². The van der Waals surface area contributed by atoms with Gasteiger partial charge in [-0.15, -0.1) is 0 Å². The number of rotatable bonds is 9. The van der Waals surface area contributed by atoms with Crippen molar-refractivity contribution in [3.8, 4) is 0 Å². The maximum Gasteiger partial charge on any atom is 0.332 e. The molecule has 0 aromatic heterocycles. The fourth-order valence-corrected chi connectivity index (χ4v) is 3.19. The molecule has 6 heteroatoms. The van der Waals surface area contributed by atoms with Crippen molar-refractivity contribution in [2.24, 2.45) is 17.3 Å². The van der Waals surface area contributed by atoms with Gasteiger partial charge in [-0.1, -0.05) is 32.6 Å². The lowest BCUT2D eigenvalue weighted by Gasteiger charge is -2.18. The highest BCUT2D eigenvalue weighted by Crippen LogP contribution is 2.39. The monoisotopic (exact) mass is 334 g/mol. The molecule has 0 aliphatic heterocycles. The van der Waals surface area contributed by atoms with E-state index in [2.05, 4.69) is 6.92 Å². The summed E-state index contributed by atoms with van der Waals surface area (Å²) in [4.78, 5) is 21.2. The average molecular weight is 334 g/mol. The minimum atomic E-state index is -1.97. The fourth-order valence-electron chi connectivity index (χ4n) is 2.63. The van der Waals surface area contributed by atoms with Crippen molar-refractivity contribution in [3.05, 3.63) is 0 Å². The minimum absolute atomic E-state index is 0.262. The summed E-state index contributed by atoms with van der Waals surface area (Å²) in [6.45, 7) is 7.78. The van der Waals surface area contributed by atoms with Crippen LogP contribution in [-0.4, -0.2) is 24.3 Å². The number of unbranched alkanes of at least 4 members (excludes halogenated alkanes) is 1. The molecule has 130 valence electrons. The van der Waals surface area contributed by atoms with Crippen molar-refractivity contribution in [2.75, 3.05) is 13.4 Å². The van der Waals surface area contributed by atoms with Crippen LogP contribution < -0.4 is 0 Å². The van der Waals surface area contributed by atoms with Crippen molar-refractivity contribution in [2.45, 2.75) is 66.2 Å². The highest BCUT2D eigenvalue weighted by Gasteiger charge is 2.26. The van der Waals surface area contributed by atoms with Crippen LogP contribution in [0.2, 0.25) is 0 Å². The van der Waals surface area contributed by atoms with Gasteiger partial charge in [-0.05, 0) is 45.4 Å². The molecule has 0 saturated heterocycles. The van der Waals surface area contributed by atoms with E-state index in [9.17, 15) is 9.69 Å². The zero-order chi connectivity index (χ0) is 16.6. The molecule has 0 aromatic carbocycles. The second kappa shape index (κ2) is 9.82. The Hall–Kier alpha value is -0.220. The summed E-state index contributed by atoms with van der Waals surface area (Å²) in [5.41, 5.74) is -0.570. The van der Waals surface area contributed by atoms with E-state index in [1.165, 1.54) is 32.1 Å². The summed E-state index contributed by atoms with van der Waals surface area (Å²) in [7, 11) is -1.97. The van der Waals surface area contributed by atoms with Crippen LogP contribution in [0.4, 0.5) is 0 Å². The summed E-state index contributed by atoms with van der Waals surface area (Å²) < 4.78 is 15.3. The van der Waals surface area contributed by atoms with Crippen molar-refractivity contribution in [3.63, 3.8) is 0 Å². The highest BCUT2D eigenvalue weighted by atomic mass is 31.2. The molecular formula is C16H31O5P. The molecule has 3 unspecified atom stereocenters. The Morgan fingerprint density at radius 3 is 2.55 bits per heavy atom. The third-order valence-corrected chi connectivity index (χ3v) is 4.70. The van der Waals surface area contributed by atoms with E-state index < -0.39 is 14.0 Å². The Balaban J connectivity index is 2.09. The van der Waals surface area contributed by atoms with Gasteiger partial charge < -0.3 is 14.2 Å². The van der Waals surface area contributed by atoms with Gasteiger partial charge >= 0.3 is 14.6 Å². The van der Waals surface area contributed by atoms with Crippen LogP contribution in [0, 0.1) is 17.3 Å². The molecule has 1 aliphatic rings. The van der Waals surface area contributed by atoms with E-state index in [0.29, 0.717) is 12.5 Å². The smallest absolute Gasteiger partial charge is 0.332 e. The first kappa shape index (κ1) is 19.8. The molecule has 1 rings (SSSR count). The predicted molar refractivity (Wildman–Crippen MR) is 86.9 cm³/mol. The van der Waals surface area contributed by atoms with Gasteiger partial charge in [-0.25, -0.2) is 0 Å². The minimum Gasteiger partial charge on any atom is -0.438 e. The van der Waals surface area contributed by atoms with E-state index >= 15 is 0 Å². The Morgan fingerprint density at radius 2 is 1.91 bits per heavy atom. The predicted octanol–water partition coefficient (Wildman–Crippen LogP) is 4.39. The lowest BCUT2D eigenvalue weighted by Crippen LogP contribution is -2.23. The number of carbonyl (C=O) groups is 1. The van der Waals surface area contributed by atoms with Crippen molar-refractivity contribution in [1.29, 1.82) is 0 Å². The van der Waals surface area contributed by atoms with Gasteiger partial charge in [-0.3, -0.25) is 9.32 Å². The lowest BCUT2D eigenvalue weighted by molar-refractivity contribution is -0.160. The molecule has 0 amide bonds. The molecule has 3 atom stereocenters. The Bertz CT molecular complexity index is 329. The second-order valence-corrected chi connectivity index (χ2v) is 8.14. The summed E-state index contributed by atoms with van der Waals surface area (Å²) in [5, 5.41) is 0. The zero-order valence-corrected chi connectivity index (χ0v) is 15.2. The normalized spacial score (nSPS) is 23.5. The second-order valence-electron chi connectivity index (χ2n) is 7.15. The molecule has 22 heavy (non-hydrogen) atoms. The molecule has 0 spiro atoms. The molecule has 1 fully saturated rings. The number of ether oxygens (including phenoxy) is 1. The fraction of sp³-hybridized carbons (Fsp3) is 0.938. The summed E-state index contributed by atoms with van der Waals surface area (Å²) in [5.74, 6) is 0.970.